The molecule has 23 heavy (non-hydrogen) atoms. The van der Waals surface area contributed by atoms with Gasteiger partial charge in [0, 0.05) is 13.1 Å². The number of halogens is 1. The number of ether oxygens (including phenoxy) is 1. The van der Waals surface area contributed by atoms with E-state index in [1.165, 1.54) is 0 Å². The van der Waals surface area contributed by atoms with E-state index in [2.05, 4.69) is 0 Å². The van der Waals surface area contributed by atoms with Gasteiger partial charge in [-0.05, 0) is 25.0 Å². The van der Waals surface area contributed by atoms with Crippen LogP contribution in [0.25, 0.3) is 0 Å². The molecule has 0 aliphatic carbocycles. The molecule has 0 spiro atoms. The van der Waals surface area contributed by atoms with Crippen LogP contribution in [0.4, 0.5) is 4.39 Å². The number of benzene rings is 1. The summed E-state index contributed by atoms with van der Waals surface area (Å²) in [5, 5.41) is 8.93. The van der Waals surface area contributed by atoms with Gasteiger partial charge in [0.2, 0.25) is 0 Å². The zero-order valence-corrected chi connectivity index (χ0v) is 13.0. The molecule has 0 atom stereocenters. The molecule has 1 fully saturated rings. The Morgan fingerprint density at radius 1 is 1.26 bits per heavy atom. The first-order valence-electron chi connectivity index (χ1n) is 6.69. The van der Waals surface area contributed by atoms with Gasteiger partial charge in [0.05, 0.1) is 12.7 Å². The molecule has 0 bridgehead atoms. The highest BCUT2D eigenvalue weighted by Crippen LogP contribution is 2.23. The Balaban J connectivity index is 2.30. The van der Waals surface area contributed by atoms with Gasteiger partial charge in [-0.15, -0.1) is 0 Å². The smallest absolute Gasteiger partial charge is 0.339 e. The molecular formula is C13H15FN2O6S. The topological polar surface area (TPSA) is 113 Å². The molecule has 1 aliphatic rings. The number of nitrogens with one attached hydrogen (secondary N) is 1. The van der Waals surface area contributed by atoms with E-state index < -0.39 is 39.0 Å². The van der Waals surface area contributed by atoms with Crippen LogP contribution in [-0.2, 0) is 10.2 Å². The third-order valence-electron chi connectivity index (χ3n) is 3.39. The highest BCUT2D eigenvalue weighted by Gasteiger charge is 2.29. The predicted molar refractivity (Wildman–Crippen MR) is 77.1 cm³/mol. The average Bonchev–Trinajstić information content (AvgIpc) is 3.01. The SMILES string of the molecule is COc1cc(C(=O)NS(=O)(=O)N2CCCC2)c(F)cc1C(=O)O. The minimum Gasteiger partial charge on any atom is -0.496 e. The third kappa shape index (κ3) is 3.59. The molecule has 2 N–H and O–H groups in total. The summed E-state index contributed by atoms with van der Waals surface area (Å²) in [7, 11) is -2.91. The van der Waals surface area contributed by atoms with E-state index >= 15 is 0 Å². The first-order chi connectivity index (χ1) is 10.8. The van der Waals surface area contributed by atoms with Crippen molar-refractivity contribution in [1.29, 1.82) is 0 Å². The first-order valence-corrected chi connectivity index (χ1v) is 8.13. The van der Waals surface area contributed by atoms with Gasteiger partial charge >= 0.3 is 16.2 Å². The van der Waals surface area contributed by atoms with E-state index in [1.54, 1.807) is 4.72 Å². The van der Waals surface area contributed by atoms with Gasteiger partial charge in [0.15, 0.2) is 0 Å². The van der Waals surface area contributed by atoms with Crippen LogP contribution >= 0.6 is 0 Å². The van der Waals surface area contributed by atoms with Gasteiger partial charge in [0.25, 0.3) is 5.91 Å². The summed E-state index contributed by atoms with van der Waals surface area (Å²) >= 11 is 0. The Morgan fingerprint density at radius 3 is 2.39 bits per heavy atom. The number of rotatable bonds is 5. The molecule has 0 saturated carbocycles. The second-order valence-electron chi connectivity index (χ2n) is 4.88. The van der Waals surface area contributed by atoms with Crippen LogP contribution in [0.2, 0.25) is 0 Å². The van der Waals surface area contributed by atoms with Crippen molar-refractivity contribution in [3.05, 3.63) is 29.1 Å². The van der Waals surface area contributed by atoms with Crippen molar-refractivity contribution in [2.75, 3.05) is 20.2 Å². The van der Waals surface area contributed by atoms with Crippen LogP contribution in [0, 0.1) is 5.82 Å². The highest BCUT2D eigenvalue weighted by molar-refractivity contribution is 7.87. The Hall–Kier alpha value is -2.20. The van der Waals surface area contributed by atoms with Crippen LogP contribution in [0.5, 0.6) is 5.75 Å². The van der Waals surface area contributed by atoms with E-state index in [9.17, 15) is 22.4 Å². The minimum absolute atomic E-state index is 0.248. The molecule has 10 heteroatoms. The Kier molecular flexibility index (Phi) is 4.85. The maximum atomic E-state index is 13.9. The van der Waals surface area contributed by atoms with Crippen molar-refractivity contribution in [3.8, 4) is 5.75 Å². The van der Waals surface area contributed by atoms with Crippen LogP contribution in [0.15, 0.2) is 12.1 Å². The number of carboxylic acids is 1. The lowest BCUT2D eigenvalue weighted by Crippen LogP contribution is -2.42. The summed E-state index contributed by atoms with van der Waals surface area (Å²) in [5.74, 6) is -4.03. The normalized spacial score (nSPS) is 15.4. The maximum absolute atomic E-state index is 13.9. The third-order valence-corrected chi connectivity index (χ3v) is 4.88. The fourth-order valence-corrected chi connectivity index (χ4v) is 3.44. The van der Waals surface area contributed by atoms with Crippen molar-refractivity contribution in [1.82, 2.24) is 9.03 Å². The lowest BCUT2D eigenvalue weighted by molar-refractivity contribution is 0.0691. The molecule has 1 aromatic rings. The van der Waals surface area contributed by atoms with E-state index in [1.807, 2.05) is 0 Å². The molecule has 1 saturated heterocycles. The van der Waals surface area contributed by atoms with Gasteiger partial charge in [-0.1, -0.05) is 0 Å². The molecule has 8 nitrogen and oxygen atoms in total. The average molecular weight is 346 g/mol. The number of carboxylic acid groups (broad SMARTS) is 1. The van der Waals surface area contributed by atoms with Crippen molar-refractivity contribution in [2.24, 2.45) is 0 Å². The summed E-state index contributed by atoms with van der Waals surface area (Å²) in [5.41, 5.74) is -1.08. The molecule has 0 radical (unpaired) electrons. The fraction of sp³-hybridized carbons (Fsp3) is 0.385. The maximum Gasteiger partial charge on any atom is 0.339 e. The van der Waals surface area contributed by atoms with Gasteiger partial charge in [-0.25, -0.2) is 13.9 Å². The molecule has 126 valence electrons. The number of hydrogen-bond donors (Lipinski definition) is 2. The molecule has 1 aromatic carbocycles. The lowest BCUT2D eigenvalue weighted by atomic mass is 10.1. The van der Waals surface area contributed by atoms with Crippen molar-refractivity contribution in [3.63, 3.8) is 0 Å². The summed E-state index contributed by atoms with van der Waals surface area (Å²) in [6.45, 7) is 0.568. The molecule has 1 amide bonds. The van der Waals surface area contributed by atoms with E-state index in [0.29, 0.717) is 18.9 Å². The number of carbonyl (C=O) groups excluding carboxylic acids is 1. The Bertz CT molecular complexity index is 743. The summed E-state index contributed by atoms with van der Waals surface area (Å²) in [4.78, 5) is 23.0. The van der Waals surface area contributed by atoms with Crippen LogP contribution in [0.1, 0.15) is 33.6 Å². The van der Waals surface area contributed by atoms with E-state index in [-0.39, 0.29) is 18.8 Å². The van der Waals surface area contributed by atoms with Gasteiger partial charge in [0.1, 0.15) is 17.1 Å². The van der Waals surface area contributed by atoms with E-state index in [0.717, 1.165) is 17.5 Å². The highest BCUT2D eigenvalue weighted by atomic mass is 32.2. The fourth-order valence-electron chi connectivity index (χ4n) is 2.23. The Morgan fingerprint density at radius 2 is 1.87 bits per heavy atom. The van der Waals surface area contributed by atoms with Crippen LogP contribution in [0.3, 0.4) is 0 Å². The quantitative estimate of drug-likeness (QED) is 0.807. The number of amides is 1. The zero-order valence-electron chi connectivity index (χ0n) is 12.2. The standard InChI is InChI=1S/C13H15FN2O6S/c1-22-11-7-8(10(14)6-9(11)13(18)19)12(17)15-23(20,21)16-4-2-3-5-16/h6-7H,2-5H2,1H3,(H,15,17)(H,18,19). The molecule has 1 aliphatic heterocycles. The lowest BCUT2D eigenvalue weighted by Gasteiger charge is -2.16. The number of hydrogen-bond acceptors (Lipinski definition) is 5. The Labute approximate surface area is 132 Å². The second kappa shape index (κ2) is 6.50. The largest absolute Gasteiger partial charge is 0.496 e. The number of aromatic carboxylic acids is 1. The second-order valence-corrected chi connectivity index (χ2v) is 6.55. The van der Waals surface area contributed by atoms with Gasteiger partial charge < -0.3 is 9.84 Å². The zero-order chi connectivity index (χ0) is 17.2. The van der Waals surface area contributed by atoms with Crippen molar-refractivity contribution < 1.29 is 32.2 Å². The number of carbonyl (C=O) groups is 2. The van der Waals surface area contributed by atoms with Crippen molar-refractivity contribution in [2.45, 2.75) is 12.8 Å². The van der Waals surface area contributed by atoms with Crippen LogP contribution < -0.4 is 9.46 Å². The number of methoxy groups -OCH3 is 1. The first kappa shape index (κ1) is 17.2. The summed E-state index contributed by atoms with van der Waals surface area (Å²) in [6.07, 6.45) is 1.37. The minimum atomic E-state index is -4.06. The summed E-state index contributed by atoms with van der Waals surface area (Å²) in [6, 6.07) is 1.46. The molecule has 1 heterocycles. The molecule has 2 rings (SSSR count). The molecule has 0 aromatic heterocycles. The van der Waals surface area contributed by atoms with Crippen molar-refractivity contribution >= 4 is 22.1 Å². The number of nitrogens with zero attached hydrogens (tertiary/aromatic N) is 1. The van der Waals surface area contributed by atoms with Gasteiger partial charge in [-0.3, -0.25) is 4.79 Å². The van der Waals surface area contributed by atoms with Crippen LogP contribution in [-0.4, -0.2) is 49.9 Å². The summed E-state index contributed by atoms with van der Waals surface area (Å²) < 4.78 is 45.6. The van der Waals surface area contributed by atoms with E-state index in [4.69, 9.17) is 9.84 Å². The molecule has 0 unspecified atom stereocenters. The monoisotopic (exact) mass is 346 g/mol. The molecular weight excluding hydrogens is 331 g/mol. The van der Waals surface area contributed by atoms with Gasteiger partial charge in [-0.2, -0.15) is 12.7 Å². The predicted octanol–water partition coefficient (Wildman–Crippen LogP) is 0.603.